The van der Waals surface area contributed by atoms with Gasteiger partial charge in [0.1, 0.15) is 0 Å². The van der Waals surface area contributed by atoms with Crippen LogP contribution in [0.15, 0.2) is 48.5 Å². The fraction of sp³-hybridized carbons (Fsp3) is 0.143. The van der Waals surface area contributed by atoms with Crippen LogP contribution in [0.2, 0.25) is 0 Å². The third-order valence-electron chi connectivity index (χ3n) is 2.64. The van der Waals surface area contributed by atoms with Gasteiger partial charge in [0.25, 0.3) is 0 Å². The monoisotopic (exact) mass is 412 g/mol. The minimum atomic E-state index is -4.49. The molecule has 0 atom stereocenters. The molecule has 0 fully saturated rings. The Hall–Kier alpha value is -1.50. The van der Waals surface area contributed by atoms with E-state index in [-0.39, 0.29) is 11.5 Å². The molecular weight excluding hydrogens is 405 g/mol. The Bertz CT molecular complexity index is 611. The van der Waals surface area contributed by atoms with Crippen molar-refractivity contribution in [3.63, 3.8) is 0 Å². The summed E-state index contributed by atoms with van der Waals surface area (Å²) in [6.45, 7) is 0. The summed E-state index contributed by atoms with van der Waals surface area (Å²) in [5.41, 5.74) is -1.73. The van der Waals surface area contributed by atoms with Crippen molar-refractivity contribution in [3.05, 3.63) is 59.7 Å². The van der Waals surface area contributed by atoms with Crippen LogP contribution in [0.3, 0.4) is 0 Å². The van der Waals surface area contributed by atoms with Crippen LogP contribution >= 0.6 is 0 Å². The first-order valence-electron chi connectivity index (χ1n) is 6.09. The van der Waals surface area contributed by atoms with Crippen LogP contribution in [-0.4, -0.2) is 0 Å². The van der Waals surface area contributed by atoms with Crippen molar-refractivity contribution in [3.8, 4) is 11.5 Å². The molecule has 2 rings (SSSR count). The number of rotatable bonds is 4. The third-order valence-corrected chi connectivity index (χ3v) is 4.21. The molecule has 0 bridgehead atoms. The van der Waals surface area contributed by atoms with Gasteiger partial charge in [0.2, 0.25) is 0 Å². The SMILES string of the molecule is FC(F)(F)c1cccc([O][Zr][O]c2cccc(C(F)(F)F)c2)c1. The van der Waals surface area contributed by atoms with Gasteiger partial charge < -0.3 is 0 Å². The van der Waals surface area contributed by atoms with Gasteiger partial charge in [-0.15, -0.1) is 0 Å². The van der Waals surface area contributed by atoms with Gasteiger partial charge in [0, 0.05) is 0 Å². The Morgan fingerprint density at radius 3 is 1.39 bits per heavy atom. The summed E-state index contributed by atoms with van der Waals surface area (Å²) in [5, 5.41) is 0. The zero-order valence-electron chi connectivity index (χ0n) is 11.2. The second-order valence-corrected chi connectivity index (χ2v) is 5.75. The molecule has 2 aromatic carbocycles. The Balaban J connectivity index is 1.98. The molecule has 0 radical (unpaired) electrons. The van der Waals surface area contributed by atoms with Gasteiger partial charge in [-0.25, -0.2) is 0 Å². The molecule has 23 heavy (non-hydrogen) atoms. The predicted molar refractivity (Wildman–Crippen MR) is 64.1 cm³/mol. The Morgan fingerprint density at radius 1 is 0.652 bits per heavy atom. The van der Waals surface area contributed by atoms with Gasteiger partial charge >= 0.3 is 140 Å². The Morgan fingerprint density at radius 2 is 1.04 bits per heavy atom. The van der Waals surface area contributed by atoms with Crippen molar-refractivity contribution in [2.24, 2.45) is 0 Å². The molecule has 2 aromatic rings. The Labute approximate surface area is 139 Å². The van der Waals surface area contributed by atoms with Gasteiger partial charge in [0.05, 0.1) is 0 Å². The fourth-order valence-electron chi connectivity index (χ4n) is 1.59. The minimum absolute atomic E-state index is 0.0293. The van der Waals surface area contributed by atoms with Crippen molar-refractivity contribution in [1.29, 1.82) is 0 Å². The molecule has 0 amide bonds. The van der Waals surface area contributed by atoms with Crippen molar-refractivity contribution in [2.45, 2.75) is 12.4 Å². The van der Waals surface area contributed by atoms with Gasteiger partial charge in [-0.3, -0.25) is 0 Å². The molecule has 0 aliphatic rings. The molecule has 9 heteroatoms. The van der Waals surface area contributed by atoms with E-state index in [1.807, 2.05) is 0 Å². The second kappa shape index (κ2) is 6.95. The fourth-order valence-corrected chi connectivity index (χ4v) is 2.79. The van der Waals surface area contributed by atoms with Gasteiger partial charge in [0.15, 0.2) is 0 Å². The van der Waals surface area contributed by atoms with Crippen LogP contribution in [-0.2, 0) is 36.5 Å². The molecule has 2 nitrogen and oxygen atoms in total. The van der Waals surface area contributed by atoms with Crippen LogP contribution in [0.25, 0.3) is 0 Å². The first kappa shape index (κ1) is 17.9. The number of benzene rings is 2. The van der Waals surface area contributed by atoms with E-state index in [9.17, 15) is 26.3 Å². The molecule has 122 valence electrons. The summed E-state index contributed by atoms with van der Waals surface area (Å²) < 4.78 is 85.5. The zero-order valence-corrected chi connectivity index (χ0v) is 13.7. The molecule has 0 N–H and O–H groups in total. The molecule has 0 aromatic heterocycles. The molecular formula is C14H8F6O2Zr. The maximum absolute atomic E-state index is 12.5. The van der Waals surface area contributed by atoms with E-state index >= 15 is 0 Å². The summed E-state index contributed by atoms with van der Waals surface area (Å²) >= 11 is -2.13. The van der Waals surface area contributed by atoms with Gasteiger partial charge in [-0.2, -0.15) is 0 Å². The normalized spacial score (nSPS) is 11.9. The van der Waals surface area contributed by atoms with E-state index in [1.54, 1.807) is 0 Å². The van der Waals surface area contributed by atoms with Crippen LogP contribution in [0, 0.1) is 0 Å². The molecule has 0 saturated carbocycles. The van der Waals surface area contributed by atoms with Crippen LogP contribution in [0.1, 0.15) is 11.1 Å². The van der Waals surface area contributed by atoms with Gasteiger partial charge in [-0.1, -0.05) is 0 Å². The van der Waals surface area contributed by atoms with E-state index in [4.69, 9.17) is 5.63 Å². The maximum atomic E-state index is 12.5. The van der Waals surface area contributed by atoms with Crippen LogP contribution in [0.5, 0.6) is 11.5 Å². The van der Waals surface area contributed by atoms with Crippen LogP contribution < -0.4 is 5.63 Å². The molecule has 0 aliphatic carbocycles. The number of hydrogen-bond donors (Lipinski definition) is 0. The van der Waals surface area contributed by atoms with Crippen molar-refractivity contribution in [2.75, 3.05) is 0 Å². The molecule has 0 spiro atoms. The Kier molecular flexibility index (Phi) is 5.39. The topological polar surface area (TPSA) is 18.5 Å². The standard InChI is InChI=1S/2C7H5F3O.Zr/c2*8-7(9,10)5-2-1-3-6(11)4-5;/h2*1-4,11H;/q;;+2/p-2. The number of hydrogen-bond acceptors (Lipinski definition) is 2. The molecule has 0 heterocycles. The van der Waals surface area contributed by atoms with E-state index in [0.29, 0.717) is 0 Å². The first-order valence-corrected chi connectivity index (χ1v) is 8.10. The quantitative estimate of drug-likeness (QED) is 0.650. The van der Waals surface area contributed by atoms with Crippen molar-refractivity contribution < 1.29 is 56.1 Å². The average Bonchev–Trinajstić information content (AvgIpc) is 2.46. The van der Waals surface area contributed by atoms with Crippen LogP contribution in [0.4, 0.5) is 26.3 Å². The second-order valence-electron chi connectivity index (χ2n) is 4.34. The van der Waals surface area contributed by atoms with Crippen molar-refractivity contribution in [1.82, 2.24) is 0 Å². The summed E-state index contributed by atoms with van der Waals surface area (Å²) in [6, 6.07) is 8.44. The van der Waals surface area contributed by atoms with E-state index in [2.05, 4.69) is 0 Å². The summed E-state index contributed by atoms with van der Waals surface area (Å²) in [7, 11) is 0. The molecule has 0 aliphatic heterocycles. The molecule has 0 unspecified atom stereocenters. The number of alkyl halides is 6. The summed E-state index contributed by atoms with van der Waals surface area (Å²) in [4.78, 5) is 0. The van der Waals surface area contributed by atoms with E-state index < -0.39 is 47.6 Å². The summed E-state index contributed by atoms with van der Waals surface area (Å²) in [5.74, 6) is -0.0585. The summed E-state index contributed by atoms with van der Waals surface area (Å²) in [6.07, 6.45) is -8.99. The first-order chi connectivity index (χ1) is 10.7. The van der Waals surface area contributed by atoms with Crippen molar-refractivity contribution >= 4 is 0 Å². The van der Waals surface area contributed by atoms with E-state index in [0.717, 1.165) is 24.3 Å². The number of halogens is 6. The average molecular weight is 413 g/mol. The molecule has 0 saturated heterocycles. The predicted octanol–water partition coefficient (Wildman–Crippen LogP) is 5.09. The zero-order chi connectivity index (χ0) is 17.1. The third kappa shape index (κ3) is 5.27. The van der Waals surface area contributed by atoms with Gasteiger partial charge in [-0.05, 0) is 0 Å². The van der Waals surface area contributed by atoms with E-state index in [1.165, 1.54) is 24.3 Å².